The third-order valence-electron chi connectivity index (χ3n) is 4.05. The van der Waals surface area contributed by atoms with E-state index in [4.69, 9.17) is 9.47 Å². The van der Waals surface area contributed by atoms with Gasteiger partial charge in [-0.15, -0.1) is 0 Å². The molecule has 0 saturated heterocycles. The van der Waals surface area contributed by atoms with Gasteiger partial charge in [-0.2, -0.15) is 5.26 Å². The molecule has 6 heteroatoms. The first-order valence-corrected chi connectivity index (χ1v) is 8.37. The van der Waals surface area contributed by atoms with E-state index >= 15 is 0 Å². The van der Waals surface area contributed by atoms with Crippen LogP contribution in [0, 0.1) is 32.1 Å². The number of hydrogen-bond acceptors (Lipinski definition) is 5. The van der Waals surface area contributed by atoms with Gasteiger partial charge < -0.3 is 20.1 Å². The zero-order chi connectivity index (χ0) is 20.0. The Morgan fingerprint density at radius 1 is 1.04 bits per heavy atom. The van der Waals surface area contributed by atoms with Crippen molar-refractivity contribution in [3.8, 4) is 17.6 Å². The SMILES string of the molecule is COc1ccc(N/C=C(/C#N)C(=O)Nc2c(C)cc(C)cc2C)cc1OC. The van der Waals surface area contributed by atoms with Crippen LogP contribution in [0.25, 0.3) is 0 Å². The second kappa shape index (κ2) is 8.77. The number of anilines is 2. The molecule has 0 atom stereocenters. The lowest BCUT2D eigenvalue weighted by atomic mass is 10.0. The highest BCUT2D eigenvalue weighted by atomic mass is 16.5. The lowest BCUT2D eigenvalue weighted by Crippen LogP contribution is -2.16. The van der Waals surface area contributed by atoms with Crippen LogP contribution in [-0.2, 0) is 4.79 Å². The molecule has 140 valence electrons. The second-order valence-electron chi connectivity index (χ2n) is 6.11. The molecule has 0 radical (unpaired) electrons. The van der Waals surface area contributed by atoms with Crippen LogP contribution in [0.5, 0.6) is 11.5 Å². The van der Waals surface area contributed by atoms with Crippen LogP contribution in [0.1, 0.15) is 16.7 Å². The molecule has 0 spiro atoms. The molecule has 27 heavy (non-hydrogen) atoms. The first kappa shape index (κ1) is 19.9. The molecular formula is C21H23N3O3. The van der Waals surface area contributed by atoms with E-state index in [0.717, 1.165) is 22.4 Å². The monoisotopic (exact) mass is 365 g/mol. The third-order valence-corrected chi connectivity index (χ3v) is 4.05. The van der Waals surface area contributed by atoms with E-state index in [1.54, 1.807) is 25.3 Å². The van der Waals surface area contributed by atoms with Gasteiger partial charge >= 0.3 is 0 Å². The van der Waals surface area contributed by atoms with Crippen molar-refractivity contribution in [2.24, 2.45) is 0 Å². The van der Waals surface area contributed by atoms with Crippen LogP contribution in [0.2, 0.25) is 0 Å². The maximum Gasteiger partial charge on any atom is 0.267 e. The van der Waals surface area contributed by atoms with Gasteiger partial charge in [-0.25, -0.2) is 0 Å². The van der Waals surface area contributed by atoms with Crippen molar-refractivity contribution >= 4 is 17.3 Å². The molecule has 0 saturated carbocycles. The summed E-state index contributed by atoms with van der Waals surface area (Å²) in [4.78, 5) is 12.5. The van der Waals surface area contributed by atoms with Gasteiger partial charge in [0, 0.05) is 23.6 Å². The Balaban J connectivity index is 2.19. The van der Waals surface area contributed by atoms with Crippen molar-refractivity contribution in [2.45, 2.75) is 20.8 Å². The fraction of sp³-hybridized carbons (Fsp3) is 0.238. The van der Waals surface area contributed by atoms with Crippen LogP contribution in [0.3, 0.4) is 0 Å². The van der Waals surface area contributed by atoms with Gasteiger partial charge in [0.1, 0.15) is 11.6 Å². The number of amides is 1. The van der Waals surface area contributed by atoms with Gasteiger partial charge in [0.25, 0.3) is 5.91 Å². The van der Waals surface area contributed by atoms with Gasteiger partial charge in [0.05, 0.1) is 14.2 Å². The van der Waals surface area contributed by atoms with E-state index in [0.29, 0.717) is 17.2 Å². The van der Waals surface area contributed by atoms with Crippen LogP contribution in [0.15, 0.2) is 42.1 Å². The average Bonchev–Trinajstić information content (AvgIpc) is 2.64. The Labute approximate surface area is 159 Å². The molecule has 2 aromatic rings. The standard InChI is InChI=1S/C21H23N3O3/c1-13-8-14(2)20(15(3)9-13)24-21(25)16(11-22)12-23-17-6-7-18(26-4)19(10-17)27-5/h6-10,12,23H,1-5H3,(H,24,25)/b16-12-. The molecule has 0 fully saturated rings. The maximum atomic E-state index is 12.5. The average molecular weight is 365 g/mol. The van der Waals surface area contributed by atoms with Gasteiger partial charge in [-0.3, -0.25) is 4.79 Å². The molecule has 2 rings (SSSR count). The van der Waals surface area contributed by atoms with Crippen LogP contribution >= 0.6 is 0 Å². The van der Waals surface area contributed by atoms with E-state index in [1.165, 1.54) is 13.3 Å². The number of carbonyl (C=O) groups is 1. The minimum absolute atomic E-state index is 0.0378. The molecule has 0 unspecified atom stereocenters. The molecule has 0 aliphatic rings. The lowest BCUT2D eigenvalue weighted by molar-refractivity contribution is -0.112. The quantitative estimate of drug-likeness (QED) is 0.595. The number of nitrogens with zero attached hydrogens (tertiary/aromatic N) is 1. The summed E-state index contributed by atoms with van der Waals surface area (Å²) in [5.41, 5.74) is 4.36. The van der Waals surface area contributed by atoms with E-state index < -0.39 is 5.91 Å². The van der Waals surface area contributed by atoms with Crippen molar-refractivity contribution in [3.63, 3.8) is 0 Å². The molecule has 2 N–H and O–H groups in total. The Bertz CT molecular complexity index is 904. The summed E-state index contributed by atoms with van der Waals surface area (Å²) in [5.74, 6) is 0.667. The van der Waals surface area contributed by atoms with E-state index in [2.05, 4.69) is 10.6 Å². The molecule has 6 nitrogen and oxygen atoms in total. The number of nitriles is 1. The largest absolute Gasteiger partial charge is 0.493 e. The fourth-order valence-corrected chi connectivity index (χ4v) is 2.79. The summed E-state index contributed by atoms with van der Waals surface area (Å²) >= 11 is 0. The number of aryl methyl sites for hydroxylation is 3. The van der Waals surface area contributed by atoms with Crippen molar-refractivity contribution in [1.82, 2.24) is 0 Å². The summed E-state index contributed by atoms with van der Waals surface area (Å²) in [6, 6.07) is 11.1. The second-order valence-corrected chi connectivity index (χ2v) is 6.11. The number of benzene rings is 2. The minimum Gasteiger partial charge on any atom is -0.493 e. The predicted octanol–water partition coefficient (Wildman–Crippen LogP) is 4.09. The number of nitrogens with one attached hydrogen (secondary N) is 2. The Morgan fingerprint density at radius 3 is 2.22 bits per heavy atom. The zero-order valence-electron chi connectivity index (χ0n) is 16.1. The number of methoxy groups -OCH3 is 2. The molecule has 0 aliphatic carbocycles. The highest BCUT2D eigenvalue weighted by Gasteiger charge is 2.13. The van der Waals surface area contributed by atoms with Gasteiger partial charge in [-0.1, -0.05) is 17.7 Å². The van der Waals surface area contributed by atoms with Gasteiger partial charge in [0.2, 0.25) is 0 Å². The van der Waals surface area contributed by atoms with Crippen molar-refractivity contribution in [1.29, 1.82) is 5.26 Å². The van der Waals surface area contributed by atoms with E-state index in [9.17, 15) is 10.1 Å². The molecule has 0 aromatic heterocycles. The highest BCUT2D eigenvalue weighted by molar-refractivity contribution is 6.07. The molecular weight excluding hydrogens is 342 g/mol. The molecule has 0 aliphatic heterocycles. The molecule has 1 amide bonds. The Morgan fingerprint density at radius 2 is 1.67 bits per heavy atom. The Hall–Kier alpha value is -3.46. The summed E-state index contributed by atoms with van der Waals surface area (Å²) in [6.07, 6.45) is 1.37. The summed E-state index contributed by atoms with van der Waals surface area (Å²) in [6.45, 7) is 5.85. The molecule has 0 bridgehead atoms. The third kappa shape index (κ3) is 4.79. The number of rotatable bonds is 6. The zero-order valence-corrected chi connectivity index (χ0v) is 16.1. The van der Waals surface area contributed by atoms with Gasteiger partial charge in [-0.05, 0) is 44.0 Å². The smallest absolute Gasteiger partial charge is 0.267 e. The molecule has 2 aromatic carbocycles. The lowest BCUT2D eigenvalue weighted by Gasteiger charge is -2.13. The van der Waals surface area contributed by atoms with Crippen molar-refractivity contribution in [3.05, 3.63) is 58.8 Å². The van der Waals surface area contributed by atoms with E-state index in [-0.39, 0.29) is 5.57 Å². The first-order valence-electron chi connectivity index (χ1n) is 8.37. The number of ether oxygens (including phenoxy) is 2. The topological polar surface area (TPSA) is 83.4 Å². The summed E-state index contributed by atoms with van der Waals surface area (Å²) in [7, 11) is 3.09. The molecule has 0 heterocycles. The Kier molecular flexibility index (Phi) is 6.45. The predicted molar refractivity (Wildman–Crippen MR) is 106 cm³/mol. The number of carbonyl (C=O) groups excluding carboxylic acids is 1. The summed E-state index contributed by atoms with van der Waals surface area (Å²) in [5, 5.41) is 15.1. The van der Waals surface area contributed by atoms with Gasteiger partial charge in [0.15, 0.2) is 11.5 Å². The van der Waals surface area contributed by atoms with Crippen LogP contribution < -0.4 is 20.1 Å². The van der Waals surface area contributed by atoms with Crippen molar-refractivity contribution < 1.29 is 14.3 Å². The highest BCUT2D eigenvalue weighted by Crippen LogP contribution is 2.29. The normalized spacial score (nSPS) is 10.7. The van der Waals surface area contributed by atoms with Crippen LogP contribution in [-0.4, -0.2) is 20.1 Å². The summed E-state index contributed by atoms with van der Waals surface area (Å²) < 4.78 is 10.4. The van der Waals surface area contributed by atoms with Crippen LogP contribution in [0.4, 0.5) is 11.4 Å². The maximum absolute atomic E-state index is 12.5. The first-order chi connectivity index (χ1) is 12.9. The van der Waals surface area contributed by atoms with Crippen molar-refractivity contribution in [2.75, 3.05) is 24.9 Å². The minimum atomic E-state index is -0.472. The number of hydrogen-bond donors (Lipinski definition) is 2. The fourth-order valence-electron chi connectivity index (χ4n) is 2.79. The van der Waals surface area contributed by atoms with E-state index in [1.807, 2.05) is 39.0 Å².